The van der Waals surface area contributed by atoms with E-state index in [4.69, 9.17) is 4.74 Å². The summed E-state index contributed by atoms with van der Waals surface area (Å²) >= 11 is 0. The maximum absolute atomic E-state index is 10.5. The first kappa shape index (κ1) is 13.2. The lowest BCUT2D eigenvalue weighted by atomic mass is 10.0. The van der Waals surface area contributed by atoms with Gasteiger partial charge in [0.15, 0.2) is 12.1 Å². The molecule has 1 heterocycles. The molecule has 0 aliphatic rings. The van der Waals surface area contributed by atoms with Gasteiger partial charge < -0.3 is 4.74 Å². The minimum atomic E-state index is 0.292. The van der Waals surface area contributed by atoms with Gasteiger partial charge in [-0.1, -0.05) is 26.0 Å². The third-order valence-electron chi connectivity index (χ3n) is 2.78. The number of ether oxygens (including phenoxy) is 1. The van der Waals surface area contributed by atoms with Crippen molar-refractivity contribution in [1.82, 2.24) is 9.97 Å². The van der Waals surface area contributed by atoms with E-state index in [1.807, 2.05) is 12.1 Å². The highest BCUT2D eigenvalue weighted by molar-refractivity contribution is 5.73. The van der Waals surface area contributed by atoms with Gasteiger partial charge >= 0.3 is 0 Å². The van der Waals surface area contributed by atoms with Crippen LogP contribution in [0.25, 0.3) is 0 Å². The van der Waals surface area contributed by atoms with E-state index in [-0.39, 0.29) is 0 Å². The van der Waals surface area contributed by atoms with Crippen molar-refractivity contribution in [2.45, 2.75) is 26.4 Å². The van der Waals surface area contributed by atoms with Crippen LogP contribution >= 0.6 is 0 Å². The number of benzene rings is 1. The van der Waals surface area contributed by atoms with Crippen molar-refractivity contribution in [1.29, 1.82) is 0 Å². The Bertz CT molecular complexity index is 533. The molecule has 0 saturated heterocycles. The lowest BCUT2D eigenvalue weighted by Gasteiger charge is -2.08. The Labute approximate surface area is 112 Å². The standard InChI is InChI=1S/C15H16N2O2/c1-11(2)13-3-5-14(6-4-13)19-10-15-16-7-12(9-18)8-17-15/h3-9,11H,10H2,1-2H3. The molecule has 0 saturated carbocycles. The van der Waals surface area contributed by atoms with Crippen molar-refractivity contribution in [3.05, 3.63) is 53.6 Å². The predicted octanol–water partition coefficient (Wildman–Crippen LogP) is 2.99. The number of nitrogens with zero attached hydrogens (tertiary/aromatic N) is 2. The molecule has 1 aromatic carbocycles. The lowest BCUT2D eigenvalue weighted by Crippen LogP contribution is -2.02. The number of hydrogen-bond donors (Lipinski definition) is 0. The molecule has 4 nitrogen and oxygen atoms in total. The average Bonchev–Trinajstić information content (AvgIpc) is 2.46. The van der Waals surface area contributed by atoms with Crippen molar-refractivity contribution >= 4 is 6.29 Å². The van der Waals surface area contributed by atoms with Crippen molar-refractivity contribution in [3.8, 4) is 5.75 Å². The Balaban J connectivity index is 1.95. The summed E-state index contributed by atoms with van der Waals surface area (Å²) in [5, 5.41) is 0. The molecule has 2 aromatic rings. The van der Waals surface area contributed by atoms with Crippen molar-refractivity contribution in [2.24, 2.45) is 0 Å². The average molecular weight is 256 g/mol. The fraction of sp³-hybridized carbons (Fsp3) is 0.267. The maximum Gasteiger partial charge on any atom is 0.166 e. The van der Waals surface area contributed by atoms with E-state index in [9.17, 15) is 4.79 Å². The van der Waals surface area contributed by atoms with E-state index >= 15 is 0 Å². The second-order valence-corrected chi connectivity index (χ2v) is 4.56. The Kier molecular flexibility index (Phi) is 4.23. The third kappa shape index (κ3) is 3.61. The molecule has 0 radical (unpaired) electrons. The number of rotatable bonds is 5. The normalized spacial score (nSPS) is 10.5. The zero-order valence-corrected chi connectivity index (χ0v) is 11.0. The Morgan fingerprint density at radius 1 is 1.16 bits per heavy atom. The second kappa shape index (κ2) is 6.09. The van der Waals surface area contributed by atoms with Gasteiger partial charge in [-0.05, 0) is 23.6 Å². The van der Waals surface area contributed by atoms with Gasteiger partial charge in [-0.25, -0.2) is 9.97 Å². The van der Waals surface area contributed by atoms with Crippen LogP contribution < -0.4 is 4.74 Å². The van der Waals surface area contributed by atoms with Crippen molar-refractivity contribution < 1.29 is 9.53 Å². The van der Waals surface area contributed by atoms with Crippen LogP contribution in [-0.4, -0.2) is 16.3 Å². The first-order valence-electron chi connectivity index (χ1n) is 6.18. The van der Waals surface area contributed by atoms with Crippen LogP contribution in [0.4, 0.5) is 0 Å². The predicted molar refractivity (Wildman–Crippen MR) is 72.3 cm³/mol. The highest BCUT2D eigenvalue weighted by Crippen LogP contribution is 2.18. The molecule has 0 N–H and O–H groups in total. The summed E-state index contributed by atoms with van der Waals surface area (Å²) in [5.74, 6) is 1.85. The largest absolute Gasteiger partial charge is 0.486 e. The van der Waals surface area contributed by atoms with Crippen LogP contribution in [0.2, 0.25) is 0 Å². The van der Waals surface area contributed by atoms with Crippen molar-refractivity contribution in [2.75, 3.05) is 0 Å². The Morgan fingerprint density at radius 2 is 1.79 bits per heavy atom. The monoisotopic (exact) mass is 256 g/mol. The third-order valence-corrected chi connectivity index (χ3v) is 2.78. The van der Waals surface area contributed by atoms with Gasteiger partial charge in [0.2, 0.25) is 0 Å². The number of aromatic nitrogens is 2. The molecule has 0 bridgehead atoms. The molecule has 0 fully saturated rings. The molecule has 1 aromatic heterocycles. The topological polar surface area (TPSA) is 52.1 Å². The zero-order valence-electron chi connectivity index (χ0n) is 11.0. The van der Waals surface area contributed by atoms with E-state index in [1.165, 1.54) is 18.0 Å². The first-order chi connectivity index (χ1) is 9.19. The van der Waals surface area contributed by atoms with E-state index in [1.54, 1.807) is 0 Å². The summed E-state index contributed by atoms with van der Waals surface area (Å²) in [4.78, 5) is 18.6. The quantitative estimate of drug-likeness (QED) is 0.772. The fourth-order valence-electron chi connectivity index (χ4n) is 1.60. The van der Waals surface area contributed by atoms with E-state index in [0.29, 0.717) is 23.9 Å². The molecule has 0 aliphatic carbocycles. The second-order valence-electron chi connectivity index (χ2n) is 4.56. The molecule has 2 rings (SSSR count). The molecular weight excluding hydrogens is 240 g/mol. The molecule has 0 aliphatic heterocycles. The molecule has 98 valence electrons. The number of hydrogen-bond acceptors (Lipinski definition) is 4. The minimum Gasteiger partial charge on any atom is -0.486 e. The van der Waals surface area contributed by atoms with Gasteiger partial charge in [-0.2, -0.15) is 0 Å². The number of carbonyl (C=O) groups is 1. The molecule has 0 atom stereocenters. The van der Waals surface area contributed by atoms with Crippen LogP contribution in [0.15, 0.2) is 36.7 Å². The molecule has 0 unspecified atom stereocenters. The Morgan fingerprint density at radius 3 is 2.32 bits per heavy atom. The molecule has 4 heteroatoms. The van der Waals surface area contributed by atoms with Crippen LogP contribution in [-0.2, 0) is 6.61 Å². The van der Waals surface area contributed by atoms with Gasteiger partial charge in [0, 0.05) is 12.4 Å². The molecular formula is C15H16N2O2. The summed E-state index contributed by atoms with van der Waals surface area (Å²) in [6, 6.07) is 7.98. The van der Waals surface area contributed by atoms with Crippen molar-refractivity contribution in [3.63, 3.8) is 0 Å². The number of aldehydes is 1. The fourth-order valence-corrected chi connectivity index (χ4v) is 1.60. The smallest absolute Gasteiger partial charge is 0.166 e. The zero-order chi connectivity index (χ0) is 13.7. The summed E-state index contributed by atoms with van der Waals surface area (Å²) in [7, 11) is 0. The summed E-state index contributed by atoms with van der Waals surface area (Å²) in [6.07, 6.45) is 3.69. The van der Waals surface area contributed by atoms with Crippen LogP contribution in [0.1, 0.15) is 41.5 Å². The summed E-state index contributed by atoms with van der Waals surface area (Å²) < 4.78 is 5.59. The van der Waals surface area contributed by atoms with E-state index in [0.717, 1.165) is 12.0 Å². The van der Waals surface area contributed by atoms with E-state index in [2.05, 4.69) is 35.9 Å². The molecule has 0 spiro atoms. The minimum absolute atomic E-state index is 0.292. The summed E-state index contributed by atoms with van der Waals surface area (Å²) in [6.45, 7) is 4.59. The summed E-state index contributed by atoms with van der Waals surface area (Å²) in [5.41, 5.74) is 1.74. The molecule has 0 amide bonds. The first-order valence-corrected chi connectivity index (χ1v) is 6.18. The molecule has 19 heavy (non-hydrogen) atoms. The van der Waals surface area contributed by atoms with Gasteiger partial charge in [0.1, 0.15) is 12.4 Å². The SMILES string of the molecule is CC(C)c1ccc(OCc2ncc(C=O)cn2)cc1. The van der Waals surface area contributed by atoms with E-state index < -0.39 is 0 Å². The van der Waals surface area contributed by atoms with Crippen LogP contribution in [0, 0.1) is 0 Å². The van der Waals surface area contributed by atoms with Crippen LogP contribution in [0.3, 0.4) is 0 Å². The van der Waals surface area contributed by atoms with Crippen LogP contribution in [0.5, 0.6) is 5.75 Å². The van der Waals surface area contributed by atoms with Gasteiger partial charge in [-0.3, -0.25) is 4.79 Å². The lowest BCUT2D eigenvalue weighted by molar-refractivity contribution is 0.112. The Hall–Kier alpha value is -2.23. The highest BCUT2D eigenvalue weighted by atomic mass is 16.5. The van der Waals surface area contributed by atoms with Gasteiger partial charge in [-0.15, -0.1) is 0 Å². The highest BCUT2D eigenvalue weighted by Gasteiger charge is 2.01. The number of carbonyl (C=O) groups excluding carboxylic acids is 1. The van der Waals surface area contributed by atoms with Gasteiger partial charge in [0.25, 0.3) is 0 Å². The van der Waals surface area contributed by atoms with Gasteiger partial charge in [0.05, 0.1) is 5.56 Å². The maximum atomic E-state index is 10.5.